The number of rotatable bonds is 4. The summed E-state index contributed by atoms with van der Waals surface area (Å²) in [6, 6.07) is 7.27. The van der Waals surface area contributed by atoms with Crippen molar-refractivity contribution in [3.63, 3.8) is 0 Å². The van der Waals surface area contributed by atoms with Crippen LogP contribution in [0.5, 0.6) is 5.75 Å². The number of amides is 1. The lowest BCUT2D eigenvalue weighted by Crippen LogP contribution is -2.42. The van der Waals surface area contributed by atoms with Crippen molar-refractivity contribution in [3.05, 3.63) is 29.6 Å². The van der Waals surface area contributed by atoms with Gasteiger partial charge in [-0.25, -0.2) is 4.98 Å². The molecule has 1 aliphatic rings. The topological polar surface area (TPSA) is 69.5 Å². The quantitative estimate of drug-likeness (QED) is 0.799. The maximum atomic E-state index is 12.7. The number of nitriles is 1. The van der Waals surface area contributed by atoms with Gasteiger partial charge in [0.25, 0.3) is 5.91 Å². The maximum absolute atomic E-state index is 12.7. The fourth-order valence-electron chi connectivity index (χ4n) is 2.86. The molecule has 2 heterocycles. The van der Waals surface area contributed by atoms with Crippen LogP contribution < -0.4 is 9.64 Å². The lowest BCUT2D eigenvalue weighted by atomic mass is 10.1. The van der Waals surface area contributed by atoms with Crippen molar-refractivity contribution < 1.29 is 9.53 Å². The number of anilines is 1. The Morgan fingerprint density at radius 3 is 3.04 bits per heavy atom. The van der Waals surface area contributed by atoms with Gasteiger partial charge in [-0.05, 0) is 25.0 Å². The molecule has 1 aliphatic heterocycles. The minimum atomic E-state index is -0.376. The number of carbonyl (C=O) groups excluding carboxylic acids is 1. The molecule has 0 spiro atoms. The first-order valence-electron chi connectivity index (χ1n) is 7.68. The van der Waals surface area contributed by atoms with Crippen molar-refractivity contribution in [1.82, 2.24) is 9.88 Å². The Bertz CT molecular complexity index is 783. The zero-order valence-corrected chi connectivity index (χ0v) is 14.4. The van der Waals surface area contributed by atoms with Crippen molar-refractivity contribution in [2.75, 3.05) is 25.6 Å². The molecule has 1 amide bonds. The van der Waals surface area contributed by atoms with Gasteiger partial charge in [0, 0.05) is 24.5 Å². The van der Waals surface area contributed by atoms with E-state index in [0.717, 1.165) is 23.4 Å². The van der Waals surface area contributed by atoms with E-state index in [0.29, 0.717) is 18.1 Å². The lowest BCUT2D eigenvalue weighted by Gasteiger charge is -2.22. The van der Waals surface area contributed by atoms with Crippen LogP contribution in [0.25, 0.3) is 11.3 Å². The second-order valence-electron chi connectivity index (χ2n) is 5.56. The van der Waals surface area contributed by atoms with Gasteiger partial charge in [0.1, 0.15) is 11.8 Å². The fourth-order valence-corrected chi connectivity index (χ4v) is 3.66. The highest BCUT2D eigenvalue weighted by molar-refractivity contribution is 7.14. The third kappa shape index (κ3) is 2.93. The normalized spacial score (nSPS) is 16.7. The van der Waals surface area contributed by atoms with E-state index in [1.54, 1.807) is 24.0 Å². The van der Waals surface area contributed by atoms with Gasteiger partial charge in [-0.15, -0.1) is 11.3 Å². The standard InChI is InChI=1S/C17H18N4O2S/c1-20(16(22)14-7-5-9-21(14)11-18)17-19-13(10-24-17)12-6-3-4-8-15(12)23-2/h3-4,6,8,10,14H,5,7,9H2,1-2H3. The van der Waals surface area contributed by atoms with Gasteiger partial charge >= 0.3 is 0 Å². The zero-order valence-electron chi connectivity index (χ0n) is 13.6. The number of hydrogen-bond acceptors (Lipinski definition) is 6. The van der Waals surface area contributed by atoms with Crippen LogP contribution in [0, 0.1) is 11.5 Å². The summed E-state index contributed by atoms with van der Waals surface area (Å²) in [5, 5.41) is 11.7. The molecule has 6 nitrogen and oxygen atoms in total. The third-order valence-electron chi connectivity index (χ3n) is 4.16. The van der Waals surface area contributed by atoms with E-state index in [1.807, 2.05) is 29.6 Å². The van der Waals surface area contributed by atoms with Gasteiger partial charge in [-0.3, -0.25) is 14.6 Å². The van der Waals surface area contributed by atoms with E-state index < -0.39 is 0 Å². The van der Waals surface area contributed by atoms with Crippen LogP contribution in [0.1, 0.15) is 12.8 Å². The highest BCUT2D eigenvalue weighted by atomic mass is 32.1. The van der Waals surface area contributed by atoms with Gasteiger partial charge in [0.15, 0.2) is 11.3 Å². The molecular weight excluding hydrogens is 324 g/mol. The summed E-state index contributed by atoms with van der Waals surface area (Å²) in [4.78, 5) is 20.3. The first-order valence-corrected chi connectivity index (χ1v) is 8.56. The Balaban J connectivity index is 1.82. The van der Waals surface area contributed by atoms with Crippen LogP contribution in [-0.4, -0.2) is 42.5 Å². The molecule has 1 aromatic carbocycles. The molecule has 24 heavy (non-hydrogen) atoms. The fraction of sp³-hybridized carbons (Fsp3) is 0.353. The largest absolute Gasteiger partial charge is 0.496 e. The molecule has 1 atom stereocenters. The van der Waals surface area contributed by atoms with Crippen molar-refractivity contribution in [1.29, 1.82) is 5.26 Å². The number of likely N-dealkylation sites (N-methyl/N-ethyl adjacent to an activating group) is 1. The predicted molar refractivity (Wildman–Crippen MR) is 92.9 cm³/mol. The second kappa shape index (κ2) is 6.89. The number of thiazole rings is 1. The Morgan fingerprint density at radius 2 is 2.29 bits per heavy atom. The molecule has 0 bridgehead atoms. The van der Waals surface area contributed by atoms with Gasteiger partial charge in [-0.1, -0.05) is 12.1 Å². The lowest BCUT2D eigenvalue weighted by molar-refractivity contribution is -0.121. The summed E-state index contributed by atoms with van der Waals surface area (Å²) in [6.45, 7) is 0.644. The number of nitrogens with zero attached hydrogens (tertiary/aromatic N) is 4. The van der Waals surface area contributed by atoms with Crippen molar-refractivity contribution in [3.8, 4) is 23.2 Å². The average Bonchev–Trinajstić information content (AvgIpc) is 3.29. The van der Waals surface area contributed by atoms with Gasteiger partial charge < -0.3 is 4.74 Å². The molecule has 124 valence electrons. The molecule has 3 rings (SSSR count). The second-order valence-corrected chi connectivity index (χ2v) is 6.40. The van der Waals surface area contributed by atoms with Crippen molar-refractivity contribution >= 4 is 22.4 Å². The average molecular weight is 342 g/mol. The Morgan fingerprint density at radius 1 is 1.50 bits per heavy atom. The molecule has 0 radical (unpaired) electrons. The molecule has 7 heteroatoms. The third-order valence-corrected chi connectivity index (χ3v) is 5.08. The monoisotopic (exact) mass is 342 g/mol. The summed E-state index contributed by atoms with van der Waals surface area (Å²) >= 11 is 1.40. The number of ether oxygens (including phenoxy) is 1. The molecule has 1 aromatic heterocycles. The van der Waals surface area contributed by atoms with Crippen LogP contribution in [0.15, 0.2) is 29.6 Å². The summed E-state index contributed by atoms with van der Waals surface area (Å²) < 4.78 is 5.37. The molecule has 0 saturated carbocycles. The molecule has 1 unspecified atom stereocenters. The van der Waals surface area contributed by atoms with Crippen LogP contribution in [0.3, 0.4) is 0 Å². The Hall–Kier alpha value is -2.59. The first kappa shape index (κ1) is 16.3. The maximum Gasteiger partial charge on any atom is 0.251 e. The van der Waals surface area contributed by atoms with Crippen LogP contribution in [0.4, 0.5) is 5.13 Å². The van der Waals surface area contributed by atoms with Crippen molar-refractivity contribution in [2.45, 2.75) is 18.9 Å². The molecule has 0 aliphatic carbocycles. The van der Waals surface area contributed by atoms with E-state index in [4.69, 9.17) is 10.00 Å². The Kier molecular flexibility index (Phi) is 4.67. The summed E-state index contributed by atoms with van der Waals surface area (Å²) in [6.07, 6.45) is 3.67. The van der Waals surface area contributed by atoms with E-state index in [1.165, 1.54) is 11.3 Å². The number of likely N-dealkylation sites (tertiary alicyclic amines) is 1. The minimum Gasteiger partial charge on any atom is -0.496 e. The number of para-hydroxylation sites is 1. The predicted octanol–water partition coefficient (Wildman–Crippen LogP) is 2.73. The number of benzene rings is 1. The molecular formula is C17H18N4O2S. The SMILES string of the molecule is COc1ccccc1-c1csc(N(C)C(=O)C2CCCN2C#N)n1. The molecule has 0 N–H and O–H groups in total. The smallest absolute Gasteiger partial charge is 0.251 e. The van der Waals surface area contributed by atoms with E-state index in [2.05, 4.69) is 11.2 Å². The highest BCUT2D eigenvalue weighted by Gasteiger charge is 2.33. The summed E-state index contributed by atoms with van der Waals surface area (Å²) in [5.74, 6) is 0.657. The molecule has 1 saturated heterocycles. The first-order chi connectivity index (χ1) is 11.7. The van der Waals surface area contributed by atoms with Gasteiger partial charge in [0.05, 0.1) is 12.8 Å². The van der Waals surface area contributed by atoms with Crippen LogP contribution in [-0.2, 0) is 4.79 Å². The number of methoxy groups -OCH3 is 1. The zero-order chi connectivity index (χ0) is 17.1. The summed E-state index contributed by atoms with van der Waals surface area (Å²) in [5.41, 5.74) is 1.67. The minimum absolute atomic E-state index is 0.0880. The number of carbonyl (C=O) groups is 1. The van der Waals surface area contributed by atoms with Crippen molar-refractivity contribution in [2.24, 2.45) is 0 Å². The van der Waals surface area contributed by atoms with E-state index >= 15 is 0 Å². The van der Waals surface area contributed by atoms with Crippen LogP contribution in [0.2, 0.25) is 0 Å². The van der Waals surface area contributed by atoms with E-state index in [9.17, 15) is 4.79 Å². The van der Waals surface area contributed by atoms with E-state index in [-0.39, 0.29) is 11.9 Å². The molecule has 2 aromatic rings. The highest BCUT2D eigenvalue weighted by Crippen LogP contribution is 2.33. The summed E-state index contributed by atoms with van der Waals surface area (Å²) in [7, 11) is 3.33. The van der Waals surface area contributed by atoms with Gasteiger partial charge in [0.2, 0.25) is 0 Å². The Labute approximate surface area is 144 Å². The molecule has 1 fully saturated rings. The van der Waals surface area contributed by atoms with Crippen LogP contribution >= 0.6 is 11.3 Å². The van der Waals surface area contributed by atoms with Gasteiger partial charge in [-0.2, -0.15) is 5.26 Å². The number of hydrogen-bond donors (Lipinski definition) is 0. The number of aromatic nitrogens is 1.